The molecule has 2 rings (SSSR count). The molecule has 2 N–H and O–H groups in total. The van der Waals surface area contributed by atoms with Gasteiger partial charge in [0.25, 0.3) is 0 Å². The first-order valence-corrected chi connectivity index (χ1v) is 7.86. The van der Waals surface area contributed by atoms with Gasteiger partial charge in [-0.25, -0.2) is 0 Å². The summed E-state index contributed by atoms with van der Waals surface area (Å²) in [4.78, 5) is 0. The predicted molar refractivity (Wildman–Crippen MR) is 97.6 cm³/mol. The number of ether oxygens (including phenoxy) is 1. The molecule has 0 aliphatic carbocycles. The average molecular weight is 336 g/mol. The van der Waals surface area contributed by atoms with Crippen LogP contribution in [0.2, 0.25) is 0 Å². The van der Waals surface area contributed by atoms with Gasteiger partial charge < -0.3 is 15.2 Å². The van der Waals surface area contributed by atoms with Gasteiger partial charge in [-0.05, 0) is 49.6 Å². The molecule has 0 heterocycles. The third-order valence-corrected chi connectivity index (χ3v) is 3.47. The van der Waals surface area contributed by atoms with Crippen LogP contribution in [0.5, 0.6) is 5.75 Å². The largest absolute Gasteiger partial charge is 0.491 e. The van der Waals surface area contributed by atoms with Gasteiger partial charge in [-0.2, -0.15) is 0 Å². The van der Waals surface area contributed by atoms with Crippen molar-refractivity contribution in [2.24, 2.45) is 0 Å². The molecule has 3 nitrogen and oxygen atoms in total. The van der Waals surface area contributed by atoms with Crippen molar-refractivity contribution in [3.05, 3.63) is 65.7 Å². The second-order valence-corrected chi connectivity index (χ2v) is 5.57. The van der Waals surface area contributed by atoms with Gasteiger partial charge in [0.2, 0.25) is 0 Å². The Morgan fingerprint density at radius 1 is 1.09 bits per heavy atom. The summed E-state index contributed by atoms with van der Waals surface area (Å²) in [5.41, 5.74) is 2.51. The fourth-order valence-electron chi connectivity index (χ4n) is 2.29. The minimum absolute atomic E-state index is 0. The maximum atomic E-state index is 9.91. The number of aliphatic hydroxyl groups excluding tert-OH is 1. The first kappa shape index (κ1) is 19.5. The van der Waals surface area contributed by atoms with E-state index in [0.29, 0.717) is 13.2 Å². The number of hydrogen-bond acceptors (Lipinski definition) is 3. The van der Waals surface area contributed by atoms with Crippen LogP contribution >= 0.6 is 12.4 Å². The molecule has 0 saturated heterocycles. The fraction of sp³-hybridized carbons (Fsp3) is 0.368. The predicted octanol–water partition coefficient (Wildman–Crippen LogP) is 3.38. The number of hydrogen-bond donors (Lipinski definition) is 2. The highest BCUT2D eigenvalue weighted by Crippen LogP contribution is 2.12. The van der Waals surface area contributed by atoms with E-state index in [1.807, 2.05) is 37.3 Å². The molecule has 126 valence electrons. The quantitative estimate of drug-likeness (QED) is 0.690. The summed E-state index contributed by atoms with van der Waals surface area (Å²) in [5.74, 6) is 0.808. The molecule has 0 amide bonds. The van der Waals surface area contributed by atoms with Crippen LogP contribution < -0.4 is 10.1 Å². The van der Waals surface area contributed by atoms with Crippen LogP contribution in [-0.4, -0.2) is 30.9 Å². The van der Waals surface area contributed by atoms with Crippen molar-refractivity contribution in [2.45, 2.75) is 25.9 Å². The molecule has 23 heavy (non-hydrogen) atoms. The normalized spacial score (nSPS) is 11.6. The van der Waals surface area contributed by atoms with Gasteiger partial charge in [0.05, 0.1) is 0 Å². The molecule has 0 aromatic heterocycles. The number of nitrogens with one attached hydrogen (secondary N) is 1. The van der Waals surface area contributed by atoms with Crippen LogP contribution in [0.15, 0.2) is 54.6 Å². The highest BCUT2D eigenvalue weighted by atomic mass is 35.5. The standard InChI is InChI=1S/C19H25NO2.ClH/c1-16-7-5-11-19(13-16)22-15-18(21)14-20-12-6-10-17-8-3-2-4-9-17;/h2-5,7-9,11,13,18,20-21H,6,10,12,14-15H2,1H3;1H. The van der Waals surface area contributed by atoms with Crippen LogP contribution in [0.3, 0.4) is 0 Å². The zero-order valence-electron chi connectivity index (χ0n) is 13.6. The number of halogens is 1. The molecular weight excluding hydrogens is 310 g/mol. The summed E-state index contributed by atoms with van der Waals surface area (Å²) < 4.78 is 5.58. The Kier molecular flexibility index (Phi) is 9.37. The molecule has 0 bridgehead atoms. The van der Waals surface area contributed by atoms with Crippen LogP contribution in [-0.2, 0) is 6.42 Å². The highest BCUT2D eigenvalue weighted by molar-refractivity contribution is 5.85. The zero-order chi connectivity index (χ0) is 15.6. The van der Waals surface area contributed by atoms with Crippen molar-refractivity contribution in [1.29, 1.82) is 0 Å². The lowest BCUT2D eigenvalue weighted by Crippen LogP contribution is -2.32. The van der Waals surface area contributed by atoms with Crippen molar-refractivity contribution >= 4 is 12.4 Å². The molecule has 0 radical (unpaired) electrons. The Morgan fingerprint density at radius 3 is 2.61 bits per heavy atom. The topological polar surface area (TPSA) is 41.5 Å². The first-order valence-electron chi connectivity index (χ1n) is 7.86. The Balaban J connectivity index is 0.00000264. The van der Waals surface area contributed by atoms with Gasteiger partial charge >= 0.3 is 0 Å². The van der Waals surface area contributed by atoms with Crippen molar-refractivity contribution in [3.8, 4) is 5.75 Å². The number of rotatable bonds is 9. The van der Waals surface area contributed by atoms with Gasteiger partial charge in [-0.1, -0.05) is 42.5 Å². The summed E-state index contributed by atoms with van der Waals surface area (Å²) in [7, 11) is 0. The van der Waals surface area contributed by atoms with Crippen molar-refractivity contribution in [2.75, 3.05) is 19.7 Å². The molecule has 2 aromatic carbocycles. The van der Waals surface area contributed by atoms with E-state index in [2.05, 4.69) is 29.6 Å². The van der Waals surface area contributed by atoms with Crippen LogP contribution in [0.25, 0.3) is 0 Å². The molecule has 0 spiro atoms. The minimum atomic E-state index is -0.489. The first-order chi connectivity index (χ1) is 10.7. The summed E-state index contributed by atoms with van der Waals surface area (Å²) in [6, 6.07) is 18.3. The summed E-state index contributed by atoms with van der Waals surface area (Å²) in [6.07, 6.45) is 1.64. The lowest BCUT2D eigenvalue weighted by molar-refractivity contribution is 0.106. The number of aliphatic hydroxyl groups is 1. The summed E-state index contributed by atoms with van der Waals surface area (Å²) in [5, 5.41) is 13.2. The van der Waals surface area contributed by atoms with Crippen molar-refractivity contribution < 1.29 is 9.84 Å². The molecule has 1 atom stereocenters. The van der Waals surface area contributed by atoms with Crippen LogP contribution in [0.1, 0.15) is 17.5 Å². The minimum Gasteiger partial charge on any atom is -0.491 e. The third-order valence-electron chi connectivity index (χ3n) is 3.47. The molecule has 0 fully saturated rings. The summed E-state index contributed by atoms with van der Waals surface area (Å²) >= 11 is 0. The lowest BCUT2D eigenvalue weighted by atomic mass is 10.1. The smallest absolute Gasteiger partial charge is 0.119 e. The Hall–Kier alpha value is -1.55. The average Bonchev–Trinajstić information content (AvgIpc) is 2.54. The maximum absolute atomic E-state index is 9.91. The maximum Gasteiger partial charge on any atom is 0.119 e. The SMILES string of the molecule is Cc1cccc(OCC(O)CNCCCc2ccccc2)c1.Cl. The fourth-order valence-corrected chi connectivity index (χ4v) is 2.29. The molecule has 4 heteroatoms. The summed E-state index contributed by atoms with van der Waals surface area (Å²) in [6.45, 7) is 3.80. The van der Waals surface area contributed by atoms with Gasteiger partial charge in [-0.15, -0.1) is 12.4 Å². The second kappa shape index (κ2) is 11.1. The Bertz CT molecular complexity index is 548. The Labute approximate surface area is 145 Å². The van der Waals surface area contributed by atoms with Crippen molar-refractivity contribution in [1.82, 2.24) is 5.32 Å². The van der Waals surface area contributed by atoms with Crippen LogP contribution in [0.4, 0.5) is 0 Å². The molecule has 2 aromatic rings. The van der Waals surface area contributed by atoms with E-state index in [-0.39, 0.29) is 12.4 Å². The van der Waals surface area contributed by atoms with Crippen LogP contribution in [0, 0.1) is 6.92 Å². The molecular formula is C19H26ClNO2. The molecule has 0 aliphatic heterocycles. The van der Waals surface area contributed by atoms with E-state index in [0.717, 1.165) is 30.7 Å². The molecule has 1 unspecified atom stereocenters. The third kappa shape index (κ3) is 8.03. The van der Waals surface area contributed by atoms with E-state index < -0.39 is 6.10 Å². The lowest BCUT2D eigenvalue weighted by Gasteiger charge is -2.13. The second-order valence-electron chi connectivity index (χ2n) is 5.57. The van der Waals surface area contributed by atoms with Crippen molar-refractivity contribution in [3.63, 3.8) is 0 Å². The Morgan fingerprint density at radius 2 is 1.87 bits per heavy atom. The number of aryl methyl sites for hydroxylation is 2. The van der Waals surface area contributed by atoms with Gasteiger partial charge in [0, 0.05) is 6.54 Å². The zero-order valence-corrected chi connectivity index (χ0v) is 14.4. The van der Waals surface area contributed by atoms with Gasteiger partial charge in [0.15, 0.2) is 0 Å². The van der Waals surface area contributed by atoms with E-state index in [4.69, 9.17) is 4.74 Å². The van der Waals surface area contributed by atoms with E-state index in [1.54, 1.807) is 0 Å². The monoisotopic (exact) mass is 335 g/mol. The van der Waals surface area contributed by atoms with E-state index in [1.165, 1.54) is 5.56 Å². The van der Waals surface area contributed by atoms with Gasteiger partial charge in [0.1, 0.15) is 18.5 Å². The van der Waals surface area contributed by atoms with Gasteiger partial charge in [-0.3, -0.25) is 0 Å². The molecule has 0 aliphatic rings. The van der Waals surface area contributed by atoms with E-state index in [9.17, 15) is 5.11 Å². The van der Waals surface area contributed by atoms with E-state index >= 15 is 0 Å². The number of benzene rings is 2. The highest BCUT2D eigenvalue weighted by Gasteiger charge is 2.04. The molecule has 0 saturated carbocycles.